The predicted molar refractivity (Wildman–Crippen MR) is 250 cm³/mol. The lowest BCUT2D eigenvalue weighted by Gasteiger charge is -2.32. The Morgan fingerprint density at radius 1 is 0.734 bits per heavy atom. The molecule has 0 radical (unpaired) electrons. The minimum atomic E-state index is -0.284. The third-order valence-electron chi connectivity index (χ3n) is 12.2. The Labute approximate surface area is 376 Å². The number of benzene rings is 2. The van der Waals surface area contributed by atoms with Gasteiger partial charge in [-0.1, -0.05) is 0 Å². The second kappa shape index (κ2) is 21.3. The summed E-state index contributed by atoms with van der Waals surface area (Å²) in [6, 6.07) is 18.4. The number of likely N-dealkylation sites (tertiary alicyclic amines) is 2. The molecule has 0 aliphatic carbocycles. The number of nitrogens with one attached hydrogen (secondary N) is 4. The molecule has 0 unspecified atom stereocenters. The SMILES string of the molecule is CNC(=O)c1cc(=O)n(CCN2CCC(N)CC2)c2cc(OC)ccc12.CNC(=O)c1cc(=O)n(CCN2CCC(NCc3ccc4c(n3)NC(=O)CS4)CC2)c2cc(OC)ccc12. The lowest BCUT2D eigenvalue weighted by atomic mass is 10.0. The van der Waals surface area contributed by atoms with Crippen LogP contribution in [0.1, 0.15) is 52.1 Å². The molecule has 18 heteroatoms. The van der Waals surface area contributed by atoms with Crippen LogP contribution in [-0.4, -0.2) is 127 Å². The van der Waals surface area contributed by atoms with Gasteiger partial charge in [-0.05, 0) is 88.3 Å². The molecular weight excluding hydrogens is 837 g/mol. The first-order chi connectivity index (χ1) is 31.0. The van der Waals surface area contributed by atoms with Crippen LogP contribution in [0.25, 0.3) is 21.8 Å². The highest BCUT2D eigenvalue weighted by Gasteiger charge is 2.23. The quantitative estimate of drug-likeness (QED) is 0.116. The van der Waals surface area contributed by atoms with Crippen molar-refractivity contribution in [2.24, 2.45) is 5.73 Å². The molecule has 0 atom stereocenters. The summed E-state index contributed by atoms with van der Waals surface area (Å²) < 4.78 is 14.1. The van der Waals surface area contributed by atoms with Gasteiger partial charge in [-0.3, -0.25) is 24.0 Å². The number of piperidine rings is 2. The zero-order valence-corrected chi connectivity index (χ0v) is 37.7. The van der Waals surface area contributed by atoms with Crippen LogP contribution >= 0.6 is 11.8 Å². The van der Waals surface area contributed by atoms with E-state index in [2.05, 4.69) is 36.1 Å². The van der Waals surface area contributed by atoms with E-state index < -0.39 is 0 Å². The van der Waals surface area contributed by atoms with Crippen LogP contribution in [0.4, 0.5) is 5.82 Å². The highest BCUT2D eigenvalue weighted by Crippen LogP contribution is 2.30. The fourth-order valence-electron chi connectivity index (χ4n) is 8.45. The van der Waals surface area contributed by atoms with Gasteiger partial charge in [0.15, 0.2) is 0 Å². The Balaban J connectivity index is 0.000000206. The van der Waals surface area contributed by atoms with Crippen molar-refractivity contribution in [3.8, 4) is 11.5 Å². The Kier molecular flexibility index (Phi) is 15.3. The topological polar surface area (TPSA) is 207 Å². The smallest absolute Gasteiger partial charge is 0.251 e. The summed E-state index contributed by atoms with van der Waals surface area (Å²) in [5.74, 6) is 1.83. The van der Waals surface area contributed by atoms with Crippen molar-refractivity contribution in [2.45, 2.75) is 62.3 Å². The Bertz CT molecular complexity index is 2620. The molecule has 340 valence electrons. The molecule has 64 heavy (non-hydrogen) atoms. The lowest BCUT2D eigenvalue weighted by Crippen LogP contribution is -2.43. The van der Waals surface area contributed by atoms with Crippen molar-refractivity contribution in [1.82, 2.24) is 39.9 Å². The van der Waals surface area contributed by atoms with Crippen LogP contribution in [-0.2, 0) is 24.4 Å². The van der Waals surface area contributed by atoms with E-state index in [1.54, 1.807) is 49.6 Å². The van der Waals surface area contributed by atoms with E-state index in [4.69, 9.17) is 15.2 Å². The molecule has 2 fully saturated rings. The number of methoxy groups -OCH3 is 2. The molecular formula is C46H58N10O7S. The number of nitrogens with zero attached hydrogens (tertiary/aromatic N) is 5. The molecule has 3 amide bonds. The van der Waals surface area contributed by atoms with Crippen LogP contribution in [0, 0.1) is 0 Å². The van der Waals surface area contributed by atoms with Crippen molar-refractivity contribution >= 4 is 57.1 Å². The third-order valence-corrected chi connectivity index (χ3v) is 13.2. The molecule has 2 saturated heterocycles. The molecule has 3 aliphatic heterocycles. The van der Waals surface area contributed by atoms with E-state index in [9.17, 15) is 24.0 Å². The molecule has 5 aromatic rings. The molecule has 0 saturated carbocycles. The average molecular weight is 895 g/mol. The molecule has 3 aromatic heterocycles. The van der Waals surface area contributed by atoms with Gasteiger partial charge in [0.05, 0.1) is 52.7 Å². The maximum Gasteiger partial charge on any atom is 0.251 e. The zero-order valence-electron chi connectivity index (χ0n) is 36.9. The number of nitrogens with two attached hydrogens (primary N) is 1. The summed E-state index contributed by atoms with van der Waals surface area (Å²) in [6.45, 7) is 7.01. The van der Waals surface area contributed by atoms with Crippen molar-refractivity contribution in [3.63, 3.8) is 0 Å². The minimum Gasteiger partial charge on any atom is -0.497 e. The number of rotatable bonds is 13. The zero-order chi connectivity index (χ0) is 45.3. The van der Waals surface area contributed by atoms with Gasteiger partial charge in [0.2, 0.25) is 5.91 Å². The fraction of sp³-hybridized carbons (Fsp3) is 0.435. The molecule has 0 spiro atoms. The van der Waals surface area contributed by atoms with Crippen molar-refractivity contribution in [3.05, 3.63) is 98.2 Å². The number of ether oxygens (including phenoxy) is 2. The minimum absolute atomic E-state index is 0.00993. The largest absolute Gasteiger partial charge is 0.497 e. The number of amides is 3. The first kappa shape index (κ1) is 46.2. The molecule has 6 heterocycles. The van der Waals surface area contributed by atoms with Gasteiger partial charge >= 0.3 is 0 Å². The van der Waals surface area contributed by atoms with Gasteiger partial charge in [-0.15, -0.1) is 11.8 Å². The van der Waals surface area contributed by atoms with Crippen LogP contribution in [0.3, 0.4) is 0 Å². The van der Waals surface area contributed by atoms with Crippen molar-refractivity contribution in [2.75, 3.05) is 78.7 Å². The van der Waals surface area contributed by atoms with Crippen LogP contribution in [0.5, 0.6) is 11.5 Å². The number of carbonyl (C=O) groups is 3. The summed E-state index contributed by atoms with van der Waals surface area (Å²) in [6.07, 6.45) is 3.96. The summed E-state index contributed by atoms with van der Waals surface area (Å²) in [5.41, 5.74) is 8.65. The Hall–Kier alpha value is -5.79. The lowest BCUT2D eigenvalue weighted by molar-refractivity contribution is -0.113. The van der Waals surface area contributed by atoms with E-state index in [-0.39, 0.29) is 34.9 Å². The number of hydrogen-bond acceptors (Lipinski definition) is 13. The van der Waals surface area contributed by atoms with Crippen molar-refractivity contribution < 1.29 is 23.9 Å². The summed E-state index contributed by atoms with van der Waals surface area (Å²) in [4.78, 5) is 72.2. The highest BCUT2D eigenvalue weighted by molar-refractivity contribution is 8.00. The predicted octanol–water partition coefficient (Wildman–Crippen LogP) is 2.86. The number of pyridine rings is 3. The summed E-state index contributed by atoms with van der Waals surface area (Å²) in [7, 11) is 6.29. The number of thioether (sulfide) groups is 1. The molecule has 0 bridgehead atoms. The molecule has 3 aliphatic rings. The van der Waals surface area contributed by atoms with Crippen LogP contribution in [0.15, 0.2) is 75.1 Å². The number of hydrogen-bond donors (Lipinski definition) is 5. The Morgan fingerprint density at radius 2 is 1.25 bits per heavy atom. The molecule has 17 nitrogen and oxygen atoms in total. The summed E-state index contributed by atoms with van der Waals surface area (Å²) >= 11 is 1.52. The monoisotopic (exact) mass is 894 g/mol. The number of carbonyl (C=O) groups excluding carboxylic acids is 3. The molecule has 6 N–H and O–H groups in total. The highest BCUT2D eigenvalue weighted by atomic mass is 32.2. The van der Waals surface area contributed by atoms with Gasteiger partial charge < -0.3 is 55.4 Å². The third kappa shape index (κ3) is 10.9. The number of anilines is 1. The maximum atomic E-state index is 13.0. The molecule has 2 aromatic carbocycles. The van der Waals surface area contributed by atoms with E-state index in [1.165, 1.54) is 23.9 Å². The van der Waals surface area contributed by atoms with E-state index in [0.717, 1.165) is 86.3 Å². The number of fused-ring (bicyclic) bond motifs is 3. The second-order valence-corrected chi connectivity index (χ2v) is 17.2. The molecule has 8 rings (SSSR count). The van der Waals surface area contributed by atoms with Crippen LogP contribution < -0.4 is 47.6 Å². The standard InChI is InChI=1S/C27H32N6O4S.C19H26N4O3/c1-28-27(36)21-14-25(35)33(22-13-19(37-2)4-5-20(21)22)12-11-32-9-7-17(8-10-32)29-15-18-3-6-23-26(30-18)31-24(34)16-38-23;1-21-19(25)16-12-18(24)23(10-9-22-7-5-13(20)6-8-22)17-11-14(26-2)3-4-15(16)17/h3-6,13-14,17,29H,7-12,15-16H2,1-2H3,(H,28,36)(H,30,31,34);3-4,11-13H,5-10,20H2,1-2H3,(H,21,25). The maximum absolute atomic E-state index is 13.0. The van der Waals surface area contributed by atoms with Gasteiger partial charge in [0.25, 0.3) is 22.9 Å². The first-order valence-corrected chi connectivity index (χ1v) is 22.7. The van der Waals surface area contributed by atoms with Gasteiger partial charge in [-0.2, -0.15) is 0 Å². The second-order valence-electron chi connectivity index (χ2n) is 16.2. The average Bonchev–Trinajstić information content (AvgIpc) is 3.32. The summed E-state index contributed by atoms with van der Waals surface area (Å²) in [5, 5.41) is 13.1. The van der Waals surface area contributed by atoms with E-state index in [1.807, 2.05) is 36.4 Å². The van der Waals surface area contributed by atoms with Gasteiger partial charge in [0.1, 0.15) is 17.3 Å². The van der Waals surface area contributed by atoms with E-state index in [0.29, 0.717) is 70.9 Å². The van der Waals surface area contributed by atoms with E-state index >= 15 is 0 Å². The number of aromatic nitrogens is 3. The van der Waals surface area contributed by atoms with Crippen molar-refractivity contribution in [1.29, 1.82) is 0 Å². The Morgan fingerprint density at radius 3 is 1.75 bits per heavy atom. The van der Waals surface area contributed by atoms with Crippen LogP contribution in [0.2, 0.25) is 0 Å². The first-order valence-electron chi connectivity index (χ1n) is 21.7. The van der Waals surface area contributed by atoms with Gasteiger partial charge in [0, 0.05) is 93.9 Å². The fourth-order valence-corrected chi connectivity index (χ4v) is 9.21. The normalized spacial score (nSPS) is 16.1. The van der Waals surface area contributed by atoms with Gasteiger partial charge in [-0.25, -0.2) is 4.98 Å².